The van der Waals surface area contributed by atoms with Gasteiger partial charge in [-0.3, -0.25) is 9.69 Å². The van der Waals surface area contributed by atoms with Crippen LogP contribution in [0.4, 0.5) is 0 Å². The lowest BCUT2D eigenvalue weighted by atomic mass is 10.1. The molecular formula is C25H31N5O3. The molecule has 174 valence electrons. The minimum absolute atomic E-state index is 0.0141. The Balaban J connectivity index is 1.34. The molecule has 1 amide bonds. The van der Waals surface area contributed by atoms with Gasteiger partial charge in [-0.1, -0.05) is 36.4 Å². The van der Waals surface area contributed by atoms with Crippen LogP contribution in [0.15, 0.2) is 48.5 Å². The van der Waals surface area contributed by atoms with Crippen LogP contribution in [-0.2, 0) is 30.7 Å². The maximum absolute atomic E-state index is 12.5. The van der Waals surface area contributed by atoms with Gasteiger partial charge in [0.2, 0.25) is 5.91 Å². The molecule has 0 aliphatic carbocycles. The summed E-state index contributed by atoms with van der Waals surface area (Å²) < 4.78 is 7.37. The van der Waals surface area contributed by atoms with Crippen LogP contribution in [-0.4, -0.2) is 50.9 Å². The molecule has 1 unspecified atom stereocenters. The number of aromatic hydroxyl groups is 1. The van der Waals surface area contributed by atoms with Crippen molar-refractivity contribution in [3.63, 3.8) is 0 Å². The Labute approximate surface area is 194 Å². The minimum atomic E-state index is -0.206. The highest BCUT2D eigenvalue weighted by molar-refractivity contribution is 5.76. The third-order valence-electron chi connectivity index (χ3n) is 6.05. The summed E-state index contributed by atoms with van der Waals surface area (Å²) in [6, 6.07) is 15.3. The van der Waals surface area contributed by atoms with Crippen LogP contribution in [0.2, 0.25) is 0 Å². The van der Waals surface area contributed by atoms with Crippen LogP contribution >= 0.6 is 0 Å². The molecule has 1 aromatic heterocycles. The van der Waals surface area contributed by atoms with Crippen molar-refractivity contribution in [3.05, 3.63) is 71.3 Å². The molecule has 1 atom stereocenters. The van der Waals surface area contributed by atoms with Gasteiger partial charge in [0.05, 0.1) is 13.2 Å². The van der Waals surface area contributed by atoms with E-state index in [0.29, 0.717) is 18.6 Å². The first kappa shape index (κ1) is 22.8. The standard InChI is InChI=1S/C25H31N5O3/c1-18(26-24(32)11-9-19-6-4-3-5-7-19)25-28-27-23-12-13-29(14-15-30(23)25)17-20-8-10-21(31)22(16-20)33-2/h3-8,10,16,18,31H,9,11-15,17H2,1-2H3,(H,26,32). The van der Waals surface area contributed by atoms with Crippen molar-refractivity contribution in [2.75, 3.05) is 20.2 Å². The molecule has 8 heteroatoms. The molecule has 0 fully saturated rings. The quantitative estimate of drug-likeness (QED) is 0.549. The summed E-state index contributed by atoms with van der Waals surface area (Å²) in [5.41, 5.74) is 2.24. The maximum Gasteiger partial charge on any atom is 0.220 e. The smallest absolute Gasteiger partial charge is 0.220 e. The van der Waals surface area contributed by atoms with E-state index in [-0.39, 0.29) is 17.7 Å². The molecule has 4 rings (SSSR count). The van der Waals surface area contributed by atoms with Gasteiger partial charge in [0.15, 0.2) is 17.3 Å². The summed E-state index contributed by atoms with van der Waals surface area (Å²) in [7, 11) is 1.56. The molecule has 0 spiro atoms. The zero-order valence-electron chi connectivity index (χ0n) is 19.2. The Morgan fingerprint density at radius 3 is 2.73 bits per heavy atom. The zero-order chi connectivity index (χ0) is 23.2. The lowest BCUT2D eigenvalue weighted by molar-refractivity contribution is -0.121. The first-order valence-electron chi connectivity index (χ1n) is 11.4. The molecule has 0 saturated carbocycles. The second-order valence-electron chi connectivity index (χ2n) is 8.43. The van der Waals surface area contributed by atoms with Gasteiger partial charge in [-0.2, -0.15) is 0 Å². The fraction of sp³-hybridized carbons (Fsp3) is 0.400. The molecule has 0 radical (unpaired) electrons. The normalized spacial score (nSPS) is 14.8. The number of hydrogen-bond donors (Lipinski definition) is 2. The van der Waals surface area contributed by atoms with Gasteiger partial charge >= 0.3 is 0 Å². The molecule has 0 bridgehead atoms. The zero-order valence-corrected chi connectivity index (χ0v) is 19.2. The molecule has 0 saturated heterocycles. The van der Waals surface area contributed by atoms with Crippen LogP contribution in [0.1, 0.15) is 42.2 Å². The summed E-state index contributed by atoms with van der Waals surface area (Å²) in [4.78, 5) is 14.8. The van der Waals surface area contributed by atoms with Crippen LogP contribution in [0.25, 0.3) is 0 Å². The van der Waals surface area contributed by atoms with Crippen molar-refractivity contribution in [1.82, 2.24) is 25.0 Å². The predicted octanol–water partition coefficient (Wildman–Crippen LogP) is 2.86. The number of fused-ring (bicyclic) bond motifs is 1. The van der Waals surface area contributed by atoms with E-state index in [4.69, 9.17) is 4.74 Å². The Morgan fingerprint density at radius 1 is 1.12 bits per heavy atom. The van der Waals surface area contributed by atoms with Crippen molar-refractivity contribution in [2.45, 2.75) is 45.3 Å². The number of aromatic nitrogens is 3. The molecule has 2 aromatic carbocycles. The molecule has 2 N–H and O–H groups in total. The van der Waals surface area contributed by atoms with Gasteiger partial charge < -0.3 is 19.7 Å². The highest BCUT2D eigenvalue weighted by Crippen LogP contribution is 2.27. The highest BCUT2D eigenvalue weighted by Gasteiger charge is 2.23. The number of phenolic OH excluding ortho intramolecular Hbond substituents is 1. The van der Waals surface area contributed by atoms with Crippen LogP contribution in [0.5, 0.6) is 11.5 Å². The number of nitrogens with one attached hydrogen (secondary N) is 1. The number of hydrogen-bond acceptors (Lipinski definition) is 6. The van der Waals surface area contributed by atoms with Gasteiger partial charge in [-0.05, 0) is 36.6 Å². The van der Waals surface area contributed by atoms with Crippen molar-refractivity contribution >= 4 is 5.91 Å². The lowest BCUT2D eigenvalue weighted by Gasteiger charge is -2.20. The van der Waals surface area contributed by atoms with Crippen molar-refractivity contribution in [1.29, 1.82) is 0 Å². The Bertz CT molecular complexity index is 1080. The minimum Gasteiger partial charge on any atom is -0.504 e. The molecule has 2 heterocycles. The van der Waals surface area contributed by atoms with E-state index in [2.05, 4.69) is 25.0 Å². The number of methoxy groups -OCH3 is 1. The first-order chi connectivity index (χ1) is 16.0. The van der Waals surface area contributed by atoms with Gasteiger partial charge in [-0.15, -0.1) is 10.2 Å². The second-order valence-corrected chi connectivity index (χ2v) is 8.43. The van der Waals surface area contributed by atoms with E-state index in [1.807, 2.05) is 49.4 Å². The fourth-order valence-electron chi connectivity index (χ4n) is 4.23. The summed E-state index contributed by atoms with van der Waals surface area (Å²) in [6.45, 7) is 5.19. The van der Waals surface area contributed by atoms with Crippen molar-refractivity contribution in [3.8, 4) is 11.5 Å². The van der Waals surface area contributed by atoms with E-state index in [1.165, 1.54) is 0 Å². The van der Waals surface area contributed by atoms with Gasteiger partial charge in [-0.25, -0.2) is 0 Å². The molecule has 33 heavy (non-hydrogen) atoms. The number of aryl methyl sites for hydroxylation is 1. The number of phenols is 1. The monoisotopic (exact) mass is 449 g/mol. The van der Waals surface area contributed by atoms with Gasteiger partial charge in [0.25, 0.3) is 0 Å². The van der Waals surface area contributed by atoms with Crippen LogP contribution < -0.4 is 10.1 Å². The number of benzene rings is 2. The number of carbonyl (C=O) groups is 1. The number of nitrogens with zero attached hydrogens (tertiary/aromatic N) is 4. The van der Waals surface area contributed by atoms with E-state index >= 15 is 0 Å². The second kappa shape index (κ2) is 10.5. The maximum atomic E-state index is 12.5. The summed E-state index contributed by atoms with van der Waals surface area (Å²) >= 11 is 0. The Morgan fingerprint density at radius 2 is 1.94 bits per heavy atom. The van der Waals surface area contributed by atoms with Crippen LogP contribution in [0.3, 0.4) is 0 Å². The average Bonchev–Trinajstić information content (AvgIpc) is 3.14. The topological polar surface area (TPSA) is 92.5 Å². The van der Waals surface area contributed by atoms with E-state index in [0.717, 1.165) is 55.4 Å². The van der Waals surface area contributed by atoms with Gasteiger partial charge in [0.1, 0.15) is 5.82 Å². The van der Waals surface area contributed by atoms with E-state index in [9.17, 15) is 9.90 Å². The molecule has 3 aromatic rings. The Hall–Kier alpha value is -3.39. The molecule has 8 nitrogen and oxygen atoms in total. The third-order valence-corrected chi connectivity index (χ3v) is 6.05. The van der Waals surface area contributed by atoms with Crippen LogP contribution in [0, 0.1) is 0 Å². The van der Waals surface area contributed by atoms with Crippen molar-refractivity contribution in [2.24, 2.45) is 0 Å². The van der Waals surface area contributed by atoms with E-state index in [1.54, 1.807) is 13.2 Å². The van der Waals surface area contributed by atoms with Crippen molar-refractivity contribution < 1.29 is 14.6 Å². The average molecular weight is 450 g/mol. The number of carbonyl (C=O) groups excluding carboxylic acids is 1. The molecule has 1 aliphatic heterocycles. The first-order valence-corrected chi connectivity index (χ1v) is 11.4. The summed E-state index contributed by atoms with van der Waals surface area (Å²) in [5, 5.41) is 21.7. The largest absolute Gasteiger partial charge is 0.504 e. The number of ether oxygens (including phenoxy) is 1. The molecule has 1 aliphatic rings. The SMILES string of the molecule is COc1cc(CN2CCc3nnc(C(C)NC(=O)CCc4ccccc4)n3CC2)ccc1O. The Kier molecular flexibility index (Phi) is 7.24. The molecular weight excluding hydrogens is 418 g/mol. The summed E-state index contributed by atoms with van der Waals surface area (Å²) in [5.74, 6) is 2.39. The van der Waals surface area contributed by atoms with E-state index < -0.39 is 0 Å². The fourth-order valence-corrected chi connectivity index (χ4v) is 4.23. The third kappa shape index (κ3) is 5.70. The number of rotatable bonds is 8. The number of amides is 1. The highest BCUT2D eigenvalue weighted by atomic mass is 16.5. The predicted molar refractivity (Wildman–Crippen MR) is 125 cm³/mol. The lowest BCUT2D eigenvalue weighted by Crippen LogP contribution is -2.30. The summed E-state index contributed by atoms with van der Waals surface area (Å²) in [6.07, 6.45) is 1.95. The van der Waals surface area contributed by atoms with Gasteiger partial charge in [0, 0.05) is 39.0 Å².